The van der Waals surface area contributed by atoms with Crippen LogP contribution in [0.4, 0.5) is 10.1 Å². The maximum absolute atomic E-state index is 12.8. The van der Waals surface area contributed by atoms with E-state index in [4.69, 9.17) is 0 Å². The van der Waals surface area contributed by atoms with Crippen LogP contribution in [-0.2, 0) is 10.0 Å². The molecule has 19 heavy (non-hydrogen) atoms. The second-order valence-corrected chi connectivity index (χ2v) is 5.85. The lowest BCUT2D eigenvalue weighted by molar-refractivity contribution is 0.458. The smallest absolute Gasteiger partial charge is 0.267 e. The number of phenolic OH excluding ortho intramolecular Hbond substituents is 1. The van der Waals surface area contributed by atoms with Gasteiger partial charge in [0.2, 0.25) is 0 Å². The third-order valence-corrected chi connectivity index (χ3v) is 4.53. The first kappa shape index (κ1) is 13.4. The van der Waals surface area contributed by atoms with Crippen LogP contribution in [0.15, 0.2) is 53.4 Å². The van der Waals surface area contributed by atoms with Crippen molar-refractivity contribution < 1.29 is 17.9 Å². The molecule has 0 heterocycles. The van der Waals surface area contributed by atoms with Gasteiger partial charge in [-0.25, -0.2) is 12.8 Å². The van der Waals surface area contributed by atoms with E-state index in [1.165, 1.54) is 55.6 Å². The van der Waals surface area contributed by atoms with Crippen LogP contribution in [0.3, 0.4) is 0 Å². The van der Waals surface area contributed by atoms with Crippen LogP contribution in [0.1, 0.15) is 0 Å². The van der Waals surface area contributed by atoms with Crippen molar-refractivity contribution in [2.24, 2.45) is 0 Å². The van der Waals surface area contributed by atoms with Gasteiger partial charge in [-0.1, -0.05) is 12.1 Å². The Morgan fingerprint density at radius 1 is 1.05 bits per heavy atom. The number of anilines is 1. The van der Waals surface area contributed by atoms with E-state index >= 15 is 0 Å². The molecule has 0 aromatic heterocycles. The quantitative estimate of drug-likeness (QED) is 0.939. The Labute approximate surface area is 110 Å². The molecule has 0 bridgehead atoms. The molecule has 0 aliphatic rings. The van der Waals surface area contributed by atoms with Crippen LogP contribution in [0.2, 0.25) is 0 Å². The van der Waals surface area contributed by atoms with Gasteiger partial charge in [0.1, 0.15) is 16.5 Å². The van der Waals surface area contributed by atoms with E-state index in [1.54, 1.807) is 0 Å². The first-order chi connectivity index (χ1) is 8.93. The molecular formula is C13H12FNO3S. The van der Waals surface area contributed by atoms with Gasteiger partial charge in [0.15, 0.2) is 0 Å². The van der Waals surface area contributed by atoms with E-state index in [1.807, 2.05) is 0 Å². The zero-order valence-corrected chi connectivity index (χ0v) is 10.9. The lowest BCUT2D eigenvalue weighted by atomic mass is 10.3. The Bertz CT molecular complexity index is 683. The van der Waals surface area contributed by atoms with Gasteiger partial charge in [0.05, 0.1) is 5.69 Å². The Morgan fingerprint density at radius 3 is 2.21 bits per heavy atom. The number of nitrogens with zero attached hydrogens (tertiary/aromatic N) is 1. The third-order valence-electron chi connectivity index (χ3n) is 2.69. The lowest BCUT2D eigenvalue weighted by Crippen LogP contribution is -2.26. The summed E-state index contributed by atoms with van der Waals surface area (Å²) in [7, 11) is -2.53. The minimum atomic E-state index is -3.87. The number of hydrogen-bond donors (Lipinski definition) is 1. The molecule has 0 spiro atoms. The summed E-state index contributed by atoms with van der Waals surface area (Å²) in [6.07, 6.45) is 0. The molecule has 6 heteroatoms. The summed E-state index contributed by atoms with van der Waals surface area (Å²) in [5, 5.41) is 9.62. The van der Waals surface area contributed by atoms with Gasteiger partial charge in [-0.15, -0.1) is 0 Å². The number of benzene rings is 2. The maximum Gasteiger partial charge on any atom is 0.267 e. The Kier molecular flexibility index (Phi) is 3.44. The molecule has 0 fully saturated rings. The summed E-state index contributed by atoms with van der Waals surface area (Å²) in [6.45, 7) is 0. The fraction of sp³-hybridized carbons (Fsp3) is 0.0769. The van der Waals surface area contributed by atoms with Crippen molar-refractivity contribution in [3.8, 4) is 5.75 Å². The number of halogens is 1. The average Bonchev–Trinajstić information content (AvgIpc) is 2.39. The van der Waals surface area contributed by atoms with Crippen molar-refractivity contribution in [3.63, 3.8) is 0 Å². The molecule has 0 atom stereocenters. The normalized spacial score (nSPS) is 11.3. The van der Waals surface area contributed by atoms with Crippen LogP contribution in [-0.4, -0.2) is 20.6 Å². The molecule has 0 radical (unpaired) electrons. The molecule has 0 unspecified atom stereocenters. The zero-order valence-electron chi connectivity index (χ0n) is 10.1. The van der Waals surface area contributed by atoms with Gasteiger partial charge in [0.25, 0.3) is 10.0 Å². The summed E-state index contributed by atoms with van der Waals surface area (Å²) >= 11 is 0. The molecule has 2 aromatic rings. The van der Waals surface area contributed by atoms with Crippen molar-refractivity contribution in [2.75, 3.05) is 11.4 Å². The first-order valence-corrected chi connectivity index (χ1v) is 6.89. The SMILES string of the molecule is CN(c1ccc(F)cc1)S(=O)(=O)c1ccccc1O. The summed E-state index contributed by atoms with van der Waals surface area (Å²) in [4.78, 5) is -0.193. The molecular weight excluding hydrogens is 269 g/mol. The summed E-state index contributed by atoms with van der Waals surface area (Å²) in [5.74, 6) is -0.770. The van der Waals surface area contributed by atoms with Gasteiger partial charge in [-0.05, 0) is 36.4 Å². The molecule has 0 aliphatic heterocycles. The molecule has 2 aromatic carbocycles. The van der Waals surface area contributed by atoms with Crippen molar-refractivity contribution in [1.29, 1.82) is 0 Å². The summed E-state index contributed by atoms with van der Waals surface area (Å²) < 4.78 is 38.4. The Hall–Kier alpha value is -2.08. The fourth-order valence-electron chi connectivity index (χ4n) is 1.61. The summed E-state index contributed by atoms with van der Waals surface area (Å²) in [6, 6.07) is 10.7. The van der Waals surface area contributed by atoms with Gasteiger partial charge < -0.3 is 5.11 Å². The predicted octanol–water partition coefficient (Wildman–Crippen LogP) is 2.36. The van der Waals surface area contributed by atoms with E-state index in [-0.39, 0.29) is 10.6 Å². The molecule has 0 amide bonds. The van der Waals surface area contributed by atoms with Crippen molar-refractivity contribution in [1.82, 2.24) is 0 Å². The van der Waals surface area contributed by atoms with Crippen LogP contribution in [0.25, 0.3) is 0 Å². The van der Waals surface area contributed by atoms with E-state index in [0.29, 0.717) is 5.69 Å². The Morgan fingerprint density at radius 2 is 1.63 bits per heavy atom. The zero-order chi connectivity index (χ0) is 14.0. The number of hydrogen-bond acceptors (Lipinski definition) is 3. The van der Waals surface area contributed by atoms with Crippen molar-refractivity contribution in [2.45, 2.75) is 4.90 Å². The Balaban J connectivity index is 2.45. The standard InChI is InChI=1S/C13H12FNO3S/c1-15(11-8-6-10(14)7-9-11)19(17,18)13-5-3-2-4-12(13)16/h2-9,16H,1H3. The monoisotopic (exact) mass is 281 g/mol. The molecule has 0 aliphatic carbocycles. The average molecular weight is 281 g/mol. The van der Waals surface area contributed by atoms with Crippen LogP contribution in [0, 0.1) is 5.82 Å². The third kappa shape index (κ3) is 2.53. The molecule has 1 N–H and O–H groups in total. The largest absolute Gasteiger partial charge is 0.507 e. The number of rotatable bonds is 3. The number of sulfonamides is 1. The van der Waals surface area contributed by atoms with E-state index in [9.17, 15) is 17.9 Å². The second-order valence-electron chi connectivity index (χ2n) is 3.92. The highest BCUT2D eigenvalue weighted by atomic mass is 32.2. The van der Waals surface area contributed by atoms with Gasteiger partial charge in [-0.3, -0.25) is 4.31 Å². The van der Waals surface area contributed by atoms with Gasteiger partial charge >= 0.3 is 0 Å². The number of para-hydroxylation sites is 1. The number of phenols is 1. The molecule has 0 saturated heterocycles. The van der Waals surface area contributed by atoms with Crippen LogP contribution >= 0.6 is 0 Å². The molecule has 100 valence electrons. The fourth-order valence-corrected chi connectivity index (χ4v) is 2.89. The predicted molar refractivity (Wildman–Crippen MR) is 70.1 cm³/mol. The topological polar surface area (TPSA) is 57.6 Å². The highest BCUT2D eigenvalue weighted by molar-refractivity contribution is 7.92. The molecule has 0 saturated carbocycles. The van der Waals surface area contributed by atoms with E-state index < -0.39 is 15.8 Å². The highest BCUT2D eigenvalue weighted by Gasteiger charge is 2.24. The van der Waals surface area contributed by atoms with Crippen LogP contribution < -0.4 is 4.31 Å². The minimum absolute atomic E-state index is 0.193. The minimum Gasteiger partial charge on any atom is -0.507 e. The second kappa shape index (κ2) is 4.89. The maximum atomic E-state index is 12.8. The highest BCUT2D eigenvalue weighted by Crippen LogP contribution is 2.27. The van der Waals surface area contributed by atoms with Crippen molar-refractivity contribution in [3.05, 3.63) is 54.3 Å². The van der Waals surface area contributed by atoms with Crippen LogP contribution in [0.5, 0.6) is 5.75 Å². The lowest BCUT2D eigenvalue weighted by Gasteiger charge is -2.19. The van der Waals surface area contributed by atoms with Gasteiger partial charge in [-0.2, -0.15) is 0 Å². The van der Waals surface area contributed by atoms with Gasteiger partial charge in [0, 0.05) is 7.05 Å². The van der Waals surface area contributed by atoms with E-state index in [2.05, 4.69) is 0 Å². The van der Waals surface area contributed by atoms with Crippen molar-refractivity contribution >= 4 is 15.7 Å². The first-order valence-electron chi connectivity index (χ1n) is 5.45. The molecule has 2 rings (SSSR count). The summed E-state index contributed by atoms with van der Waals surface area (Å²) in [5.41, 5.74) is 0.310. The number of aromatic hydroxyl groups is 1. The van der Waals surface area contributed by atoms with E-state index in [0.717, 1.165) is 4.31 Å². The molecule has 4 nitrogen and oxygen atoms in total.